The number of methoxy groups -OCH3 is 2. The highest BCUT2D eigenvalue weighted by Crippen LogP contribution is 2.29. The van der Waals surface area contributed by atoms with Crippen LogP contribution in [0.25, 0.3) is 0 Å². The Labute approximate surface area is 90.6 Å². The molecule has 15 heavy (non-hydrogen) atoms. The highest BCUT2D eigenvalue weighted by atomic mass is 16.5. The van der Waals surface area contributed by atoms with Gasteiger partial charge in [-0.05, 0) is 38.0 Å². The van der Waals surface area contributed by atoms with Crippen molar-refractivity contribution in [2.45, 2.75) is 26.4 Å². The summed E-state index contributed by atoms with van der Waals surface area (Å²) in [6.45, 7) is 3.71. The molecule has 0 amide bonds. The van der Waals surface area contributed by atoms with Crippen molar-refractivity contribution in [2.75, 3.05) is 14.2 Å². The molecule has 0 aromatic heterocycles. The summed E-state index contributed by atoms with van der Waals surface area (Å²) in [5, 5.41) is 9.32. The lowest BCUT2D eigenvalue weighted by Crippen LogP contribution is -2.05. The van der Waals surface area contributed by atoms with E-state index in [0.717, 1.165) is 22.6 Å². The first kappa shape index (κ1) is 11.9. The summed E-state index contributed by atoms with van der Waals surface area (Å²) in [6, 6.07) is 3.87. The molecule has 0 bridgehead atoms. The van der Waals surface area contributed by atoms with E-state index >= 15 is 0 Å². The highest BCUT2D eigenvalue weighted by molar-refractivity contribution is 5.47. The molecule has 84 valence electrons. The molecule has 0 saturated heterocycles. The van der Waals surface area contributed by atoms with Crippen molar-refractivity contribution in [3.8, 4) is 11.5 Å². The van der Waals surface area contributed by atoms with Gasteiger partial charge in [0.1, 0.15) is 11.5 Å². The van der Waals surface area contributed by atoms with E-state index < -0.39 is 0 Å². The second kappa shape index (κ2) is 5.03. The molecule has 0 unspecified atom stereocenters. The van der Waals surface area contributed by atoms with E-state index in [1.165, 1.54) is 0 Å². The number of hydrogen-bond acceptors (Lipinski definition) is 3. The molecule has 0 radical (unpaired) electrons. The van der Waals surface area contributed by atoms with Crippen LogP contribution in [0.1, 0.15) is 18.1 Å². The third kappa shape index (κ3) is 2.86. The van der Waals surface area contributed by atoms with Gasteiger partial charge >= 0.3 is 0 Å². The van der Waals surface area contributed by atoms with E-state index in [-0.39, 0.29) is 6.10 Å². The van der Waals surface area contributed by atoms with Crippen LogP contribution in [0.4, 0.5) is 0 Å². The van der Waals surface area contributed by atoms with E-state index in [2.05, 4.69) is 0 Å². The molecule has 1 aromatic rings. The molecule has 3 heteroatoms. The van der Waals surface area contributed by atoms with Crippen molar-refractivity contribution >= 4 is 0 Å². The Kier molecular flexibility index (Phi) is 3.97. The summed E-state index contributed by atoms with van der Waals surface area (Å²) >= 11 is 0. The van der Waals surface area contributed by atoms with Gasteiger partial charge in [-0.25, -0.2) is 0 Å². The van der Waals surface area contributed by atoms with E-state index in [1.54, 1.807) is 21.1 Å². The van der Waals surface area contributed by atoms with Crippen LogP contribution < -0.4 is 9.47 Å². The van der Waals surface area contributed by atoms with Gasteiger partial charge in [-0.1, -0.05) is 0 Å². The predicted molar refractivity (Wildman–Crippen MR) is 59.7 cm³/mol. The average molecular weight is 210 g/mol. The van der Waals surface area contributed by atoms with Gasteiger partial charge in [0.25, 0.3) is 0 Å². The van der Waals surface area contributed by atoms with Crippen LogP contribution in [0, 0.1) is 6.92 Å². The fourth-order valence-corrected chi connectivity index (χ4v) is 1.60. The zero-order chi connectivity index (χ0) is 11.4. The average Bonchev–Trinajstić information content (AvgIpc) is 2.19. The Morgan fingerprint density at radius 1 is 1.20 bits per heavy atom. The minimum atomic E-state index is -0.359. The molecular formula is C12H18O3. The molecular weight excluding hydrogens is 192 g/mol. The van der Waals surface area contributed by atoms with Crippen LogP contribution in [0.15, 0.2) is 12.1 Å². The smallest absolute Gasteiger partial charge is 0.125 e. The Balaban J connectivity index is 3.09. The van der Waals surface area contributed by atoms with Gasteiger partial charge in [0, 0.05) is 5.56 Å². The number of aliphatic hydroxyl groups is 1. The van der Waals surface area contributed by atoms with Gasteiger partial charge in [0.15, 0.2) is 0 Å². The molecule has 0 aliphatic heterocycles. The number of rotatable bonds is 4. The van der Waals surface area contributed by atoms with Crippen molar-refractivity contribution in [3.05, 3.63) is 23.3 Å². The summed E-state index contributed by atoms with van der Waals surface area (Å²) in [7, 11) is 3.27. The Morgan fingerprint density at radius 3 is 2.00 bits per heavy atom. The van der Waals surface area contributed by atoms with Crippen LogP contribution >= 0.6 is 0 Å². The number of aliphatic hydroxyl groups excluding tert-OH is 1. The van der Waals surface area contributed by atoms with Crippen molar-refractivity contribution in [1.29, 1.82) is 0 Å². The van der Waals surface area contributed by atoms with Gasteiger partial charge in [0.05, 0.1) is 20.3 Å². The highest BCUT2D eigenvalue weighted by Gasteiger charge is 2.09. The third-order valence-corrected chi connectivity index (χ3v) is 2.34. The van der Waals surface area contributed by atoms with Gasteiger partial charge in [-0.3, -0.25) is 0 Å². The molecule has 0 heterocycles. The molecule has 3 nitrogen and oxygen atoms in total. The molecule has 0 saturated carbocycles. The summed E-state index contributed by atoms with van der Waals surface area (Å²) in [5.41, 5.74) is 2.00. The van der Waals surface area contributed by atoms with Gasteiger partial charge in [-0.2, -0.15) is 0 Å². The molecule has 0 fully saturated rings. The quantitative estimate of drug-likeness (QED) is 0.825. The van der Waals surface area contributed by atoms with E-state index in [9.17, 15) is 5.11 Å². The lowest BCUT2D eigenvalue weighted by atomic mass is 10.0. The third-order valence-electron chi connectivity index (χ3n) is 2.34. The normalized spacial score (nSPS) is 12.3. The maximum atomic E-state index is 9.32. The Bertz CT molecular complexity index is 307. The molecule has 1 rings (SSSR count). The molecule has 0 spiro atoms. The van der Waals surface area contributed by atoms with Gasteiger partial charge < -0.3 is 14.6 Å². The van der Waals surface area contributed by atoms with Crippen LogP contribution in [0.5, 0.6) is 11.5 Å². The Morgan fingerprint density at radius 2 is 1.67 bits per heavy atom. The van der Waals surface area contributed by atoms with Crippen LogP contribution in [-0.4, -0.2) is 25.4 Å². The van der Waals surface area contributed by atoms with Crippen LogP contribution in [0.2, 0.25) is 0 Å². The standard InChI is InChI=1S/C12H18O3/c1-8(13)5-10-6-11(14-3)9(2)12(7-10)15-4/h6-8,13H,5H2,1-4H3/t8-/m1/s1. The molecule has 1 atom stereocenters. The predicted octanol–water partition coefficient (Wildman–Crippen LogP) is 1.94. The fraction of sp³-hybridized carbons (Fsp3) is 0.500. The van der Waals surface area contributed by atoms with E-state index in [0.29, 0.717) is 6.42 Å². The fourth-order valence-electron chi connectivity index (χ4n) is 1.60. The zero-order valence-electron chi connectivity index (χ0n) is 9.70. The topological polar surface area (TPSA) is 38.7 Å². The lowest BCUT2D eigenvalue weighted by Gasteiger charge is -2.13. The largest absolute Gasteiger partial charge is 0.496 e. The number of benzene rings is 1. The van der Waals surface area contributed by atoms with E-state index in [4.69, 9.17) is 9.47 Å². The first-order valence-corrected chi connectivity index (χ1v) is 4.98. The van der Waals surface area contributed by atoms with Gasteiger partial charge in [0.2, 0.25) is 0 Å². The van der Waals surface area contributed by atoms with Crippen molar-refractivity contribution in [1.82, 2.24) is 0 Å². The molecule has 1 aromatic carbocycles. The van der Waals surface area contributed by atoms with Crippen molar-refractivity contribution in [3.63, 3.8) is 0 Å². The first-order chi connectivity index (χ1) is 7.08. The monoisotopic (exact) mass is 210 g/mol. The molecule has 0 aliphatic carbocycles. The summed E-state index contributed by atoms with van der Waals surface area (Å²) in [6.07, 6.45) is 0.245. The van der Waals surface area contributed by atoms with Crippen molar-refractivity contribution < 1.29 is 14.6 Å². The minimum Gasteiger partial charge on any atom is -0.496 e. The van der Waals surface area contributed by atoms with Crippen LogP contribution in [0.3, 0.4) is 0 Å². The first-order valence-electron chi connectivity index (χ1n) is 4.98. The second-order valence-corrected chi connectivity index (χ2v) is 3.68. The number of ether oxygens (including phenoxy) is 2. The summed E-state index contributed by atoms with van der Waals surface area (Å²) < 4.78 is 10.5. The van der Waals surface area contributed by atoms with Crippen LogP contribution in [-0.2, 0) is 6.42 Å². The zero-order valence-corrected chi connectivity index (χ0v) is 9.70. The van der Waals surface area contributed by atoms with Crippen molar-refractivity contribution in [2.24, 2.45) is 0 Å². The minimum absolute atomic E-state index is 0.359. The molecule has 1 N–H and O–H groups in total. The maximum Gasteiger partial charge on any atom is 0.125 e. The Hall–Kier alpha value is -1.22. The number of hydrogen-bond donors (Lipinski definition) is 1. The lowest BCUT2D eigenvalue weighted by molar-refractivity contribution is 0.195. The summed E-state index contributed by atoms with van der Waals surface area (Å²) in [4.78, 5) is 0. The SMILES string of the molecule is COc1cc(C[C@@H](C)O)cc(OC)c1C. The molecule has 0 aliphatic rings. The second-order valence-electron chi connectivity index (χ2n) is 3.68. The van der Waals surface area contributed by atoms with E-state index in [1.807, 2.05) is 19.1 Å². The van der Waals surface area contributed by atoms with Gasteiger partial charge in [-0.15, -0.1) is 0 Å². The maximum absolute atomic E-state index is 9.32. The summed E-state index contributed by atoms with van der Waals surface area (Å²) in [5.74, 6) is 1.59.